The highest BCUT2D eigenvalue weighted by atomic mass is 16.5. The molecule has 0 aliphatic heterocycles. The molecule has 1 aliphatic rings. The van der Waals surface area contributed by atoms with Crippen molar-refractivity contribution in [2.24, 2.45) is 0 Å². The van der Waals surface area contributed by atoms with Crippen molar-refractivity contribution < 1.29 is 19.4 Å². The molecule has 1 aromatic carbocycles. The molecule has 1 aromatic rings. The fourth-order valence-corrected chi connectivity index (χ4v) is 1.81. The van der Waals surface area contributed by atoms with E-state index in [1.807, 2.05) is 0 Å². The van der Waals surface area contributed by atoms with Gasteiger partial charge in [0.2, 0.25) is 0 Å². The van der Waals surface area contributed by atoms with E-state index in [2.05, 4.69) is 0 Å². The number of para-hydroxylation sites is 1. The van der Waals surface area contributed by atoms with Gasteiger partial charge in [0.05, 0.1) is 19.6 Å². The molecule has 4 nitrogen and oxygen atoms in total. The lowest BCUT2D eigenvalue weighted by atomic mass is 9.96. The van der Waals surface area contributed by atoms with Crippen molar-refractivity contribution in [3.05, 3.63) is 23.8 Å². The number of aliphatic carboxylic acids is 1. The summed E-state index contributed by atoms with van der Waals surface area (Å²) in [5.41, 5.74) is 0.670. The quantitative estimate of drug-likeness (QED) is 0.852. The summed E-state index contributed by atoms with van der Waals surface area (Å²) in [4.78, 5) is 10.8. The van der Waals surface area contributed by atoms with E-state index in [9.17, 15) is 4.79 Å². The lowest BCUT2D eigenvalue weighted by Crippen LogP contribution is -2.25. The Balaban J connectivity index is 2.25. The third kappa shape index (κ3) is 2.70. The number of hydrogen-bond acceptors (Lipinski definition) is 3. The predicted octanol–water partition coefficient (Wildman–Crippen LogP) is 2.25. The number of carbonyl (C=O) groups is 1. The van der Waals surface area contributed by atoms with Crippen molar-refractivity contribution in [3.63, 3.8) is 0 Å². The first-order valence-corrected chi connectivity index (χ1v) is 5.75. The molecule has 1 saturated carbocycles. The van der Waals surface area contributed by atoms with E-state index in [0.717, 1.165) is 12.8 Å². The van der Waals surface area contributed by atoms with E-state index in [4.69, 9.17) is 14.6 Å². The van der Waals surface area contributed by atoms with E-state index >= 15 is 0 Å². The van der Waals surface area contributed by atoms with Gasteiger partial charge in [-0.25, -0.2) is 0 Å². The minimum absolute atomic E-state index is 0.0424. The molecular weight excluding hydrogens is 220 g/mol. The van der Waals surface area contributed by atoms with Crippen molar-refractivity contribution >= 4 is 5.97 Å². The monoisotopic (exact) mass is 236 g/mol. The predicted molar refractivity (Wildman–Crippen MR) is 62.6 cm³/mol. The molecule has 1 N–H and O–H groups in total. The van der Waals surface area contributed by atoms with Gasteiger partial charge in [-0.2, -0.15) is 0 Å². The summed E-state index contributed by atoms with van der Waals surface area (Å²) in [5.74, 6) is 0.328. The van der Waals surface area contributed by atoms with Crippen LogP contribution in [0.1, 0.15) is 24.8 Å². The van der Waals surface area contributed by atoms with Gasteiger partial charge in [-0.1, -0.05) is 12.1 Å². The summed E-state index contributed by atoms with van der Waals surface area (Å²) in [6.07, 6.45) is 3.40. The molecule has 0 radical (unpaired) electrons. The van der Waals surface area contributed by atoms with E-state index < -0.39 is 5.97 Å². The average molecular weight is 236 g/mol. The van der Waals surface area contributed by atoms with E-state index in [-0.39, 0.29) is 12.5 Å². The molecule has 4 heteroatoms. The van der Waals surface area contributed by atoms with E-state index in [1.54, 1.807) is 25.3 Å². The Bertz CT molecular complexity index is 410. The fourth-order valence-electron chi connectivity index (χ4n) is 1.81. The number of carboxylic acids is 1. The number of ether oxygens (including phenoxy) is 2. The van der Waals surface area contributed by atoms with Gasteiger partial charge >= 0.3 is 5.97 Å². The van der Waals surface area contributed by atoms with Gasteiger partial charge < -0.3 is 14.6 Å². The van der Waals surface area contributed by atoms with Crippen LogP contribution in [0.5, 0.6) is 11.5 Å². The summed E-state index contributed by atoms with van der Waals surface area (Å²) in [6, 6.07) is 5.34. The summed E-state index contributed by atoms with van der Waals surface area (Å²) in [6.45, 7) is 0. The van der Waals surface area contributed by atoms with Crippen molar-refractivity contribution in [2.75, 3.05) is 7.11 Å². The maximum absolute atomic E-state index is 10.8. The molecule has 2 rings (SSSR count). The summed E-state index contributed by atoms with van der Waals surface area (Å²) in [7, 11) is 1.56. The zero-order chi connectivity index (χ0) is 12.3. The van der Waals surface area contributed by atoms with Gasteiger partial charge in [0.25, 0.3) is 0 Å². The Morgan fingerprint density at radius 1 is 1.47 bits per heavy atom. The van der Waals surface area contributed by atoms with Crippen LogP contribution < -0.4 is 9.47 Å². The lowest BCUT2D eigenvalue weighted by molar-refractivity contribution is -0.136. The van der Waals surface area contributed by atoms with Crippen LogP contribution in [0.15, 0.2) is 18.2 Å². The minimum Gasteiger partial charge on any atom is -0.493 e. The highest BCUT2D eigenvalue weighted by Gasteiger charge is 2.23. The van der Waals surface area contributed by atoms with Crippen LogP contribution in [-0.2, 0) is 11.2 Å². The smallest absolute Gasteiger partial charge is 0.307 e. The molecule has 0 unspecified atom stereocenters. The Hall–Kier alpha value is -1.71. The highest BCUT2D eigenvalue weighted by Crippen LogP contribution is 2.35. The molecular formula is C13H16O4. The highest BCUT2D eigenvalue weighted by molar-refractivity contribution is 5.72. The molecule has 0 heterocycles. The zero-order valence-corrected chi connectivity index (χ0v) is 9.81. The summed E-state index contributed by atoms with van der Waals surface area (Å²) >= 11 is 0. The van der Waals surface area contributed by atoms with Crippen LogP contribution in [0.3, 0.4) is 0 Å². The van der Waals surface area contributed by atoms with Crippen LogP contribution in [-0.4, -0.2) is 24.3 Å². The Kier molecular flexibility index (Phi) is 3.52. The number of rotatable bonds is 5. The third-order valence-corrected chi connectivity index (χ3v) is 2.96. The van der Waals surface area contributed by atoms with Gasteiger partial charge in [0.1, 0.15) is 0 Å². The summed E-state index contributed by atoms with van der Waals surface area (Å²) < 4.78 is 11.0. The Morgan fingerprint density at radius 3 is 2.76 bits per heavy atom. The van der Waals surface area contributed by atoms with Gasteiger partial charge in [-0.3, -0.25) is 4.79 Å². The fraction of sp³-hybridized carbons (Fsp3) is 0.462. The van der Waals surface area contributed by atoms with Crippen LogP contribution in [0.2, 0.25) is 0 Å². The maximum atomic E-state index is 10.8. The number of carboxylic acid groups (broad SMARTS) is 1. The van der Waals surface area contributed by atoms with Crippen LogP contribution in [0.25, 0.3) is 0 Å². The van der Waals surface area contributed by atoms with Crippen LogP contribution >= 0.6 is 0 Å². The topological polar surface area (TPSA) is 55.8 Å². The molecule has 17 heavy (non-hydrogen) atoms. The van der Waals surface area contributed by atoms with Crippen molar-refractivity contribution in [3.8, 4) is 11.5 Å². The SMILES string of the molecule is COc1cccc(CC(=O)O)c1OC1CCC1. The summed E-state index contributed by atoms with van der Waals surface area (Å²) in [5, 5.41) is 8.86. The molecule has 0 spiro atoms. The van der Waals surface area contributed by atoms with E-state index in [1.165, 1.54) is 6.42 Å². The molecule has 92 valence electrons. The first-order chi connectivity index (χ1) is 8.20. The van der Waals surface area contributed by atoms with Crippen molar-refractivity contribution in [2.45, 2.75) is 31.8 Å². The normalized spacial score (nSPS) is 15.1. The molecule has 1 fully saturated rings. The number of benzene rings is 1. The van der Waals surface area contributed by atoms with Gasteiger partial charge in [0, 0.05) is 5.56 Å². The average Bonchev–Trinajstić information content (AvgIpc) is 2.23. The van der Waals surface area contributed by atoms with Crippen molar-refractivity contribution in [1.82, 2.24) is 0 Å². The lowest BCUT2D eigenvalue weighted by Gasteiger charge is -2.28. The standard InChI is InChI=1S/C13H16O4/c1-16-11-7-2-4-9(8-12(14)15)13(11)17-10-5-3-6-10/h2,4,7,10H,3,5-6,8H2,1H3,(H,14,15). The van der Waals surface area contributed by atoms with E-state index in [0.29, 0.717) is 17.1 Å². The number of methoxy groups -OCH3 is 1. The zero-order valence-electron chi connectivity index (χ0n) is 9.81. The molecule has 0 atom stereocenters. The molecule has 1 aliphatic carbocycles. The van der Waals surface area contributed by atoms with Gasteiger partial charge in [0.15, 0.2) is 11.5 Å². The second-order valence-corrected chi connectivity index (χ2v) is 4.19. The maximum Gasteiger partial charge on any atom is 0.307 e. The van der Waals surface area contributed by atoms with Gasteiger partial charge in [-0.15, -0.1) is 0 Å². The van der Waals surface area contributed by atoms with Crippen LogP contribution in [0, 0.1) is 0 Å². The second kappa shape index (κ2) is 5.08. The Morgan fingerprint density at radius 2 is 2.24 bits per heavy atom. The largest absolute Gasteiger partial charge is 0.493 e. The molecule has 0 amide bonds. The Labute approximate surface area is 100 Å². The van der Waals surface area contributed by atoms with Crippen LogP contribution in [0.4, 0.5) is 0 Å². The molecule has 0 aromatic heterocycles. The first-order valence-electron chi connectivity index (χ1n) is 5.75. The minimum atomic E-state index is -0.864. The molecule has 0 bridgehead atoms. The van der Waals surface area contributed by atoms with Crippen molar-refractivity contribution in [1.29, 1.82) is 0 Å². The first kappa shape index (κ1) is 11.8. The van der Waals surface area contributed by atoms with Gasteiger partial charge in [-0.05, 0) is 25.3 Å². The number of hydrogen-bond donors (Lipinski definition) is 1. The third-order valence-electron chi connectivity index (χ3n) is 2.96. The second-order valence-electron chi connectivity index (χ2n) is 4.19. The molecule has 0 saturated heterocycles.